The molecule has 1 amide bonds. The third-order valence-corrected chi connectivity index (χ3v) is 4.99. The monoisotopic (exact) mass is 372 g/mol. The molecule has 2 heterocycles. The highest BCUT2D eigenvalue weighted by Crippen LogP contribution is 2.15. The van der Waals surface area contributed by atoms with Crippen LogP contribution in [0.5, 0.6) is 0 Å². The molecule has 0 radical (unpaired) electrons. The highest BCUT2D eigenvalue weighted by Gasteiger charge is 2.16. The molecule has 0 unspecified atom stereocenters. The number of piperazine rings is 1. The maximum absolute atomic E-state index is 12.3. The summed E-state index contributed by atoms with van der Waals surface area (Å²) in [5.74, 6) is -0.144. The molecule has 6 heteroatoms. The van der Waals surface area contributed by atoms with Crippen LogP contribution in [0.2, 0.25) is 5.02 Å². The van der Waals surface area contributed by atoms with Crippen molar-refractivity contribution in [2.75, 3.05) is 44.2 Å². The lowest BCUT2D eigenvalue weighted by molar-refractivity contribution is 0.0949. The second kappa shape index (κ2) is 9.01. The van der Waals surface area contributed by atoms with Gasteiger partial charge in [0.1, 0.15) is 5.69 Å². The second-order valence-corrected chi connectivity index (χ2v) is 6.90. The van der Waals surface area contributed by atoms with E-state index in [1.165, 1.54) is 0 Å². The molecule has 1 aliphatic rings. The molecule has 0 spiro atoms. The Balaban J connectivity index is 1.49. The van der Waals surface area contributed by atoms with Crippen molar-refractivity contribution >= 4 is 23.2 Å². The predicted molar refractivity (Wildman–Crippen MR) is 106 cm³/mol. The molecular weight excluding hydrogens is 348 g/mol. The van der Waals surface area contributed by atoms with Crippen LogP contribution in [0.25, 0.3) is 0 Å². The highest BCUT2D eigenvalue weighted by molar-refractivity contribution is 6.30. The summed E-state index contributed by atoms with van der Waals surface area (Å²) in [6.45, 7) is 7.99. The number of hydrogen-bond donors (Lipinski definition) is 1. The van der Waals surface area contributed by atoms with E-state index < -0.39 is 0 Å². The van der Waals surface area contributed by atoms with Crippen LogP contribution in [0.15, 0.2) is 42.6 Å². The second-order valence-electron chi connectivity index (χ2n) is 6.46. The Morgan fingerprint density at radius 1 is 1.19 bits per heavy atom. The van der Waals surface area contributed by atoms with E-state index in [0.29, 0.717) is 17.3 Å². The molecule has 138 valence electrons. The van der Waals surface area contributed by atoms with Gasteiger partial charge in [0.05, 0.1) is 11.9 Å². The minimum atomic E-state index is -0.144. The number of pyridine rings is 1. The molecule has 0 atom stereocenters. The standard InChI is InChI=1S/C20H25ClN4O/c1-2-24-10-12-25(13-11-24)18-6-7-19(23-15-18)20(26)22-9-8-16-4-3-5-17(21)14-16/h3-7,14-15H,2,8-13H2,1H3,(H,22,26). The van der Waals surface area contributed by atoms with E-state index in [-0.39, 0.29) is 5.91 Å². The van der Waals surface area contributed by atoms with Crippen molar-refractivity contribution < 1.29 is 4.79 Å². The van der Waals surface area contributed by atoms with Crippen LogP contribution in [0.4, 0.5) is 5.69 Å². The summed E-state index contributed by atoms with van der Waals surface area (Å²) in [7, 11) is 0. The maximum atomic E-state index is 12.3. The van der Waals surface area contributed by atoms with E-state index in [2.05, 4.69) is 27.0 Å². The zero-order valence-electron chi connectivity index (χ0n) is 15.1. The number of rotatable bonds is 6. The third kappa shape index (κ3) is 4.96. The lowest BCUT2D eigenvalue weighted by Gasteiger charge is -2.35. The summed E-state index contributed by atoms with van der Waals surface area (Å²) in [5.41, 5.74) is 2.63. The zero-order chi connectivity index (χ0) is 18.4. The fourth-order valence-electron chi connectivity index (χ4n) is 3.13. The van der Waals surface area contributed by atoms with Gasteiger partial charge in [-0.3, -0.25) is 4.79 Å². The Morgan fingerprint density at radius 3 is 2.65 bits per heavy atom. The molecule has 5 nitrogen and oxygen atoms in total. The molecule has 3 rings (SSSR count). The van der Waals surface area contributed by atoms with Crippen LogP contribution in [-0.4, -0.2) is 55.1 Å². The van der Waals surface area contributed by atoms with Gasteiger partial charge in [0.25, 0.3) is 5.91 Å². The van der Waals surface area contributed by atoms with Gasteiger partial charge in [-0.15, -0.1) is 0 Å². The Kier molecular flexibility index (Phi) is 6.47. The van der Waals surface area contributed by atoms with Gasteiger partial charge in [0, 0.05) is 37.7 Å². The quantitative estimate of drug-likeness (QED) is 0.847. The summed E-state index contributed by atoms with van der Waals surface area (Å²) in [4.78, 5) is 21.4. The van der Waals surface area contributed by atoms with Crippen molar-refractivity contribution in [3.8, 4) is 0 Å². The number of hydrogen-bond acceptors (Lipinski definition) is 4. The number of aromatic nitrogens is 1. The molecule has 2 aromatic rings. The minimum Gasteiger partial charge on any atom is -0.368 e. The maximum Gasteiger partial charge on any atom is 0.269 e. The van der Waals surface area contributed by atoms with Gasteiger partial charge in [-0.05, 0) is 42.8 Å². The van der Waals surface area contributed by atoms with Crippen LogP contribution in [-0.2, 0) is 6.42 Å². The summed E-state index contributed by atoms with van der Waals surface area (Å²) in [6.07, 6.45) is 2.54. The number of carbonyl (C=O) groups is 1. The third-order valence-electron chi connectivity index (χ3n) is 4.75. The molecule has 1 saturated heterocycles. The average molecular weight is 373 g/mol. The number of likely N-dealkylation sites (N-methyl/N-ethyl adjacent to an activating group) is 1. The molecule has 1 aromatic carbocycles. The van der Waals surface area contributed by atoms with Crippen molar-refractivity contribution in [2.24, 2.45) is 0 Å². The number of benzene rings is 1. The first-order valence-corrected chi connectivity index (χ1v) is 9.49. The predicted octanol–water partition coefficient (Wildman–Crippen LogP) is 2.85. The normalized spacial score (nSPS) is 15.1. The topological polar surface area (TPSA) is 48.5 Å². The Bertz CT molecular complexity index is 727. The van der Waals surface area contributed by atoms with Gasteiger partial charge in [-0.2, -0.15) is 0 Å². The molecule has 1 aromatic heterocycles. The summed E-state index contributed by atoms with van der Waals surface area (Å²) in [6, 6.07) is 11.5. The van der Waals surface area contributed by atoms with Gasteiger partial charge in [0.15, 0.2) is 0 Å². The van der Waals surface area contributed by atoms with Crippen LogP contribution in [0, 0.1) is 0 Å². The number of carbonyl (C=O) groups excluding carboxylic acids is 1. The van der Waals surface area contributed by atoms with E-state index in [1.807, 2.05) is 30.3 Å². The van der Waals surface area contributed by atoms with Crippen LogP contribution in [0.3, 0.4) is 0 Å². The van der Waals surface area contributed by atoms with Crippen LogP contribution >= 0.6 is 11.6 Å². The number of halogens is 1. The van der Waals surface area contributed by atoms with Crippen molar-refractivity contribution in [2.45, 2.75) is 13.3 Å². The first kappa shape index (κ1) is 18.7. The van der Waals surface area contributed by atoms with E-state index in [9.17, 15) is 4.79 Å². The molecule has 1 fully saturated rings. The molecule has 0 bridgehead atoms. The van der Waals surface area contributed by atoms with Gasteiger partial charge in [-0.1, -0.05) is 30.7 Å². The lowest BCUT2D eigenvalue weighted by atomic mass is 10.1. The van der Waals surface area contributed by atoms with E-state index in [4.69, 9.17) is 11.6 Å². The smallest absolute Gasteiger partial charge is 0.269 e. The summed E-state index contributed by atoms with van der Waals surface area (Å²) < 4.78 is 0. The zero-order valence-corrected chi connectivity index (χ0v) is 15.9. The largest absolute Gasteiger partial charge is 0.368 e. The number of anilines is 1. The molecule has 26 heavy (non-hydrogen) atoms. The van der Waals surface area contributed by atoms with Crippen molar-refractivity contribution in [1.82, 2.24) is 15.2 Å². The molecule has 1 N–H and O–H groups in total. The van der Waals surface area contributed by atoms with Gasteiger partial charge in [0.2, 0.25) is 0 Å². The fraction of sp³-hybridized carbons (Fsp3) is 0.400. The fourth-order valence-corrected chi connectivity index (χ4v) is 3.35. The average Bonchev–Trinajstić information content (AvgIpc) is 2.68. The summed E-state index contributed by atoms with van der Waals surface area (Å²) in [5, 5.41) is 3.63. The van der Waals surface area contributed by atoms with Crippen LogP contribution < -0.4 is 10.2 Å². The summed E-state index contributed by atoms with van der Waals surface area (Å²) >= 11 is 5.97. The van der Waals surface area contributed by atoms with Crippen molar-refractivity contribution in [3.63, 3.8) is 0 Å². The Hall–Kier alpha value is -2.11. The highest BCUT2D eigenvalue weighted by atomic mass is 35.5. The van der Waals surface area contributed by atoms with Gasteiger partial charge >= 0.3 is 0 Å². The Labute approximate surface area is 160 Å². The number of nitrogens with zero attached hydrogens (tertiary/aromatic N) is 3. The van der Waals surface area contributed by atoms with Crippen molar-refractivity contribution in [1.29, 1.82) is 0 Å². The molecule has 0 saturated carbocycles. The first-order valence-electron chi connectivity index (χ1n) is 9.11. The van der Waals surface area contributed by atoms with E-state index >= 15 is 0 Å². The molecule has 0 aliphatic carbocycles. The lowest BCUT2D eigenvalue weighted by Crippen LogP contribution is -2.46. The molecule has 1 aliphatic heterocycles. The number of amides is 1. The number of nitrogens with one attached hydrogen (secondary N) is 1. The van der Waals surface area contributed by atoms with Gasteiger partial charge in [-0.25, -0.2) is 4.98 Å². The minimum absolute atomic E-state index is 0.144. The van der Waals surface area contributed by atoms with E-state index in [1.54, 1.807) is 12.3 Å². The van der Waals surface area contributed by atoms with E-state index in [0.717, 1.165) is 50.4 Å². The molecular formula is C20H25ClN4O. The first-order chi connectivity index (χ1) is 12.7. The van der Waals surface area contributed by atoms with Crippen molar-refractivity contribution in [3.05, 3.63) is 58.9 Å². The van der Waals surface area contributed by atoms with Crippen LogP contribution in [0.1, 0.15) is 23.0 Å². The SMILES string of the molecule is CCN1CCN(c2ccc(C(=O)NCCc3cccc(Cl)c3)nc2)CC1. The van der Waals surface area contributed by atoms with Gasteiger partial charge < -0.3 is 15.1 Å². The Morgan fingerprint density at radius 2 is 2.00 bits per heavy atom.